The average Bonchev–Trinajstić information content (AvgIpc) is 3.37. The van der Waals surface area contributed by atoms with Gasteiger partial charge in [-0.3, -0.25) is 0 Å². The molecule has 0 bridgehead atoms. The SMILES string of the molecule is CC1(CO)CN(c2cnc(-c3cn(CC4OCC5(CCC5)O4)nn3)c(OCC(F)(F)F)c2)C1. The highest BCUT2D eigenvalue weighted by molar-refractivity contribution is 5.66. The maximum atomic E-state index is 12.8. The lowest BCUT2D eigenvalue weighted by Crippen LogP contribution is -2.56. The van der Waals surface area contributed by atoms with Crippen LogP contribution in [0.4, 0.5) is 18.9 Å². The maximum Gasteiger partial charge on any atom is 0.422 e. The molecule has 0 aromatic carbocycles. The van der Waals surface area contributed by atoms with Gasteiger partial charge < -0.3 is 24.2 Å². The van der Waals surface area contributed by atoms with E-state index in [1.54, 1.807) is 12.4 Å². The Labute approximate surface area is 188 Å². The van der Waals surface area contributed by atoms with Gasteiger partial charge in [0.2, 0.25) is 0 Å². The molecule has 2 aliphatic heterocycles. The van der Waals surface area contributed by atoms with E-state index >= 15 is 0 Å². The molecule has 4 heterocycles. The zero-order valence-corrected chi connectivity index (χ0v) is 18.2. The van der Waals surface area contributed by atoms with E-state index < -0.39 is 19.1 Å². The van der Waals surface area contributed by atoms with Crippen molar-refractivity contribution in [1.29, 1.82) is 0 Å². The molecular formula is C21H26F3N5O4. The van der Waals surface area contributed by atoms with Crippen molar-refractivity contribution in [3.05, 3.63) is 18.5 Å². The zero-order valence-electron chi connectivity index (χ0n) is 18.2. The molecule has 1 N–H and O–H groups in total. The predicted molar refractivity (Wildman–Crippen MR) is 110 cm³/mol. The number of alkyl halides is 3. The largest absolute Gasteiger partial charge is 0.482 e. The van der Waals surface area contributed by atoms with Gasteiger partial charge in [0.25, 0.3) is 0 Å². The van der Waals surface area contributed by atoms with Gasteiger partial charge in [-0.05, 0) is 19.3 Å². The van der Waals surface area contributed by atoms with Gasteiger partial charge >= 0.3 is 6.18 Å². The van der Waals surface area contributed by atoms with Crippen LogP contribution in [0.3, 0.4) is 0 Å². The van der Waals surface area contributed by atoms with Gasteiger partial charge in [0, 0.05) is 24.6 Å². The highest BCUT2D eigenvalue weighted by atomic mass is 19.4. The van der Waals surface area contributed by atoms with Crippen molar-refractivity contribution in [2.75, 3.05) is 37.8 Å². The number of aromatic nitrogens is 4. The summed E-state index contributed by atoms with van der Waals surface area (Å²) in [5.74, 6) is -0.0312. The van der Waals surface area contributed by atoms with Crippen LogP contribution in [0.2, 0.25) is 0 Å². The molecule has 1 saturated carbocycles. The van der Waals surface area contributed by atoms with E-state index in [1.165, 1.54) is 10.7 Å². The fourth-order valence-corrected chi connectivity index (χ4v) is 4.39. The Kier molecular flexibility index (Phi) is 5.49. The smallest absolute Gasteiger partial charge is 0.422 e. The highest BCUT2D eigenvalue weighted by Crippen LogP contribution is 2.41. The molecule has 3 aliphatic rings. The van der Waals surface area contributed by atoms with E-state index in [0.29, 0.717) is 37.6 Å². The van der Waals surface area contributed by atoms with Crippen LogP contribution < -0.4 is 9.64 Å². The van der Waals surface area contributed by atoms with Crippen LogP contribution in [0.1, 0.15) is 26.2 Å². The number of hydrogen-bond acceptors (Lipinski definition) is 8. The molecule has 12 heteroatoms. The Morgan fingerprint density at radius 2 is 2.09 bits per heavy atom. The summed E-state index contributed by atoms with van der Waals surface area (Å²) in [5.41, 5.74) is 0.666. The molecule has 3 fully saturated rings. The first-order valence-electron chi connectivity index (χ1n) is 10.9. The van der Waals surface area contributed by atoms with E-state index in [2.05, 4.69) is 15.3 Å². The normalized spacial score (nSPS) is 23.4. The molecule has 2 aromatic rings. The quantitative estimate of drug-likeness (QED) is 0.661. The van der Waals surface area contributed by atoms with E-state index in [4.69, 9.17) is 14.2 Å². The maximum absolute atomic E-state index is 12.8. The number of pyridine rings is 1. The second-order valence-electron chi connectivity index (χ2n) is 9.49. The minimum Gasteiger partial charge on any atom is -0.482 e. The fraction of sp³-hybridized carbons (Fsp3) is 0.667. The second kappa shape index (κ2) is 8.10. The number of nitrogens with zero attached hydrogens (tertiary/aromatic N) is 5. The summed E-state index contributed by atoms with van der Waals surface area (Å²) in [7, 11) is 0. The number of aliphatic hydroxyl groups excluding tert-OH is 1. The fourth-order valence-electron chi connectivity index (χ4n) is 4.39. The minimum atomic E-state index is -4.49. The number of aliphatic hydroxyl groups is 1. The van der Waals surface area contributed by atoms with Crippen molar-refractivity contribution in [3.8, 4) is 17.1 Å². The van der Waals surface area contributed by atoms with E-state index in [9.17, 15) is 18.3 Å². The number of rotatable bonds is 7. The Balaban J connectivity index is 1.33. The van der Waals surface area contributed by atoms with Crippen molar-refractivity contribution in [3.63, 3.8) is 0 Å². The van der Waals surface area contributed by atoms with Crippen molar-refractivity contribution in [1.82, 2.24) is 20.0 Å². The summed E-state index contributed by atoms with van der Waals surface area (Å²) in [6.45, 7) is 2.55. The van der Waals surface area contributed by atoms with E-state index in [0.717, 1.165) is 19.3 Å². The molecule has 33 heavy (non-hydrogen) atoms. The van der Waals surface area contributed by atoms with Crippen LogP contribution in [0.15, 0.2) is 18.5 Å². The molecule has 2 aromatic heterocycles. The first-order chi connectivity index (χ1) is 15.7. The first kappa shape index (κ1) is 22.4. The van der Waals surface area contributed by atoms with Gasteiger partial charge in [0.05, 0.1) is 43.4 Å². The van der Waals surface area contributed by atoms with Gasteiger partial charge in [-0.2, -0.15) is 13.2 Å². The summed E-state index contributed by atoms with van der Waals surface area (Å²) in [4.78, 5) is 6.27. The molecule has 1 spiro atoms. The summed E-state index contributed by atoms with van der Waals surface area (Å²) < 4.78 is 56.9. The standard InChI is InChI=1S/C21H26F3N5O4/c1-19(11-30)9-28(10-19)14-5-16(31-13-21(22,23)24)18(25-6-14)15-7-29(27-26-15)8-17-32-12-20(33-17)3-2-4-20/h5-7,17,30H,2-4,8-13H2,1H3. The number of anilines is 1. The van der Waals surface area contributed by atoms with Crippen molar-refractivity contribution >= 4 is 5.69 Å². The predicted octanol–water partition coefficient (Wildman–Crippen LogP) is 2.40. The lowest BCUT2D eigenvalue weighted by Gasteiger charge is -2.48. The number of hydrogen-bond donors (Lipinski definition) is 1. The molecule has 1 unspecified atom stereocenters. The van der Waals surface area contributed by atoms with Gasteiger partial charge in [0.15, 0.2) is 12.9 Å². The first-order valence-corrected chi connectivity index (χ1v) is 10.9. The molecule has 1 aliphatic carbocycles. The van der Waals surface area contributed by atoms with Crippen LogP contribution in [0, 0.1) is 5.41 Å². The molecule has 0 amide bonds. The zero-order chi connectivity index (χ0) is 23.3. The molecule has 1 atom stereocenters. The Morgan fingerprint density at radius 3 is 2.73 bits per heavy atom. The highest BCUT2D eigenvalue weighted by Gasteiger charge is 2.46. The Morgan fingerprint density at radius 1 is 1.30 bits per heavy atom. The lowest BCUT2D eigenvalue weighted by molar-refractivity contribution is -0.153. The summed E-state index contributed by atoms with van der Waals surface area (Å²) in [5, 5.41) is 17.6. The molecule has 9 nitrogen and oxygen atoms in total. The van der Waals surface area contributed by atoms with Gasteiger partial charge in [-0.25, -0.2) is 9.67 Å². The van der Waals surface area contributed by atoms with Crippen LogP contribution >= 0.6 is 0 Å². The minimum absolute atomic E-state index is 0.0312. The Hall–Kier alpha value is -2.44. The van der Waals surface area contributed by atoms with E-state index in [-0.39, 0.29) is 29.1 Å². The van der Waals surface area contributed by atoms with Crippen LogP contribution in [-0.2, 0) is 16.0 Å². The average molecular weight is 469 g/mol. The van der Waals surface area contributed by atoms with Crippen LogP contribution in [0.5, 0.6) is 5.75 Å². The third kappa shape index (κ3) is 4.64. The van der Waals surface area contributed by atoms with Crippen molar-refractivity contribution in [2.24, 2.45) is 5.41 Å². The topological polar surface area (TPSA) is 94.8 Å². The number of halogens is 3. The molecule has 5 rings (SSSR count). The van der Waals surface area contributed by atoms with Crippen molar-refractivity contribution < 1.29 is 32.5 Å². The summed E-state index contributed by atoms with van der Waals surface area (Å²) >= 11 is 0. The third-order valence-corrected chi connectivity index (χ3v) is 6.42. The van der Waals surface area contributed by atoms with E-state index in [1.807, 2.05) is 11.8 Å². The van der Waals surface area contributed by atoms with Crippen LogP contribution in [0.25, 0.3) is 11.4 Å². The summed E-state index contributed by atoms with van der Waals surface area (Å²) in [6, 6.07) is 1.52. The summed E-state index contributed by atoms with van der Waals surface area (Å²) in [6.07, 6.45) is 1.31. The van der Waals surface area contributed by atoms with Gasteiger partial charge in [-0.15, -0.1) is 5.10 Å². The molecule has 2 saturated heterocycles. The molecular weight excluding hydrogens is 443 g/mol. The molecule has 180 valence electrons. The monoisotopic (exact) mass is 469 g/mol. The lowest BCUT2D eigenvalue weighted by atomic mass is 9.81. The Bertz CT molecular complexity index is 1000. The van der Waals surface area contributed by atoms with Crippen molar-refractivity contribution in [2.45, 2.75) is 50.8 Å². The second-order valence-corrected chi connectivity index (χ2v) is 9.49. The van der Waals surface area contributed by atoms with Gasteiger partial charge in [0.1, 0.15) is 17.1 Å². The third-order valence-electron chi connectivity index (χ3n) is 6.42. The van der Waals surface area contributed by atoms with Crippen LogP contribution in [-0.4, -0.2) is 76.1 Å². The number of ether oxygens (including phenoxy) is 3. The van der Waals surface area contributed by atoms with Gasteiger partial charge in [-0.1, -0.05) is 12.1 Å². The molecule has 0 radical (unpaired) electrons.